The van der Waals surface area contributed by atoms with Crippen LogP contribution in [-0.4, -0.2) is 41.4 Å². The number of amides is 1. The summed E-state index contributed by atoms with van der Waals surface area (Å²) < 4.78 is 4.68. The minimum atomic E-state index is -0.580. The third-order valence-electron chi connectivity index (χ3n) is 2.96. The maximum absolute atomic E-state index is 11.5. The van der Waals surface area contributed by atoms with Crippen LogP contribution in [0.15, 0.2) is 0 Å². The van der Waals surface area contributed by atoms with Gasteiger partial charge in [0.2, 0.25) is 5.91 Å². The zero-order valence-corrected chi connectivity index (χ0v) is 12.4. The van der Waals surface area contributed by atoms with E-state index < -0.39 is 12.0 Å². The number of hydrogen-bond acceptors (Lipinski definition) is 4. The van der Waals surface area contributed by atoms with Gasteiger partial charge in [0.15, 0.2) is 0 Å². The molecule has 1 amide bonds. The predicted molar refractivity (Wildman–Crippen MR) is 74.0 cm³/mol. The molecule has 0 saturated heterocycles. The minimum Gasteiger partial charge on any atom is -0.467 e. The van der Waals surface area contributed by atoms with E-state index in [-0.39, 0.29) is 11.3 Å². The van der Waals surface area contributed by atoms with E-state index >= 15 is 0 Å². The molecule has 4 nitrogen and oxygen atoms in total. The van der Waals surface area contributed by atoms with Crippen molar-refractivity contribution in [2.24, 2.45) is 0 Å². The topological polar surface area (TPSA) is 55.4 Å². The number of carbonyl (C=O) groups excluding carboxylic acids is 2. The zero-order valence-electron chi connectivity index (χ0n) is 10.8. The third kappa shape index (κ3) is 5.06. The smallest absolute Gasteiger partial charge is 0.329 e. The second-order valence-corrected chi connectivity index (χ2v) is 6.28. The van der Waals surface area contributed by atoms with Crippen molar-refractivity contribution in [3.8, 4) is 0 Å². The van der Waals surface area contributed by atoms with Crippen LogP contribution in [0.3, 0.4) is 0 Å². The van der Waals surface area contributed by atoms with Crippen LogP contribution in [0, 0.1) is 0 Å². The molecular formula is C12H20ClNO3S. The van der Waals surface area contributed by atoms with E-state index in [1.54, 1.807) is 11.8 Å². The van der Waals surface area contributed by atoms with E-state index in [0.29, 0.717) is 11.0 Å². The lowest BCUT2D eigenvalue weighted by Crippen LogP contribution is -2.43. The number of halogens is 1. The maximum Gasteiger partial charge on any atom is 0.329 e. The van der Waals surface area contributed by atoms with Gasteiger partial charge in [0.1, 0.15) is 6.04 Å². The molecule has 0 heterocycles. The Balaban J connectivity index is 2.45. The summed E-state index contributed by atoms with van der Waals surface area (Å²) in [4.78, 5) is 22.6. The van der Waals surface area contributed by atoms with Gasteiger partial charge >= 0.3 is 5.97 Å². The molecule has 0 bridgehead atoms. The summed E-state index contributed by atoms with van der Waals surface area (Å²) in [7, 11) is 1.33. The van der Waals surface area contributed by atoms with Crippen LogP contribution in [0.5, 0.6) is 0 Å². The molecule has 1 N–H and O–H groups in total. The molecule has 0 aromatic carbocycles. The van der Waals surface area contributed by atoms with Gasteiger partial charge in [-0.2, -0.15) is 11.8 Å². The summed E-state index contributed by atoms with van der Waals surface area (Å²) in [5.74, 6) is -0.114. The molecule has 18 heavy (non-hydrogen) atoms. The molecule has 0 aromatic rings. The molecule has 0 spiro atoms. The van der Waals surface area contributed by atoms with E-state index in [4.69, 9.17) is 11.6 Å². The predicted octanol–water partition coefficient (Wildman–Crippen LogP) is 1.95. The van der Waals surface area contributed by atoms with Crippen LogP contribution >= 0.6 is 23.4 Å². The van der Waals surface area contributed by atoms with Crippen molar-refractivity contribution in [1.82, 2.24) is 5.32 Å². The SMILES string of the molecule is COC(=O)[C@H](CS[C@@H]1CCCC[C@H]1Cl)NC(C)=O. The highest BCUT2D eigenvalue weighted by Crippen LogP contribution is 2.32. The molecule has 6 heteroatoms. The van der Waals surface area contributed by atoms with E-state index in [1.165, 1.54) is 26.9 Å². The van der Waals surface area contributed by atoms with Gasteiger partial charge in [0.05, 0.1) is 7.11 Å². The first kappa shape index (κ1) is 15.6. The molecule has 1 fully saturated rings. The molecule has 0 unspecified atom stereocenters. The van der Waals surface area contributed by atoms with Crippen molar-refractivity contribution in [2.75, 3.05) is 12.9 Å². The molecular weight excluding hydrogens is 274 g/mol. The average molecular weight is 294 g/mol. The van der Waals surface area contributed by atoms with Gasteiger partial charge in [-0.1, -0.05) is 12.8 Å². The van der Waals surface area contributed by atoms with Crippen molar-refractivity contribution in [3.05, 3.63) is 0 Å². The fourth-order valence-electron chi connectivity index (χ4n) is 2.02. The van der Waals surface area contributed by atoms with E-state index in [0.717, 1.165) is 12.8 Å². The van der Waals surface area contributed by atoms with Gasteiger partial charge in [-0.15, -0.1) is 11.6 Å². The fraction of sp³-hybridized carbons (Fsp3) is 0.833. The molecule has 1 aliphatic carbocycles. The third-order valence-corrected chi connectivity index (χ3v) is 5.15. The van der Waals surface area contributed by atoms with Crippen LogP contribution in [0.2, 0.25) is 0 Å². The lowest BCUT2D eigenvalue weighted by atomic mass is 10.00. The van der Waals surface area contributed by atoms with Crippen LogP contribution in [0.1, 0.15) is 32.6 Å². The van der Waals surface area contributed by atoms with Crippen molar-refractivity contribution in [3.63, 3.8) is 0 Å². The molecule has 1 aliphatic rings. The minimum absolute atomic E-state index is 0.166. The highest BCUT2D eigenvalue weighted by molar-refractivity contribution is 8.00. The summed E-state index contributed by atoms with van der Waals surface area (Å²) in [6.45, 7) is 1.39. The summed E-state index contributed by atoms with van der Waals surface area (Å²) in [5, 5.41) is 3.14. The number of rotatable bonds is 5. The Bertz CT molecular complexity index is 301. The highest BCUT2D eigenvalue weighted by Gasteiger charge is 2.27. The maximum atomic E-state index is 11.5. The number of methoxy groups -OCH3 is 1. The van der Waals surface area contributed by atoms with Crippen molar-refractivity contribution in [1.29, 1.82) is 0 Å². The summed E-state index contributed by atoms with van der Waals surface area (Å²) in [6, 6.07) is -0.580. The molecule has 1 rings (SSSR count). The number of thioether (sulfide) groups is 1. The average Bonchev–Trinajstić information content (AvgIpc) is 2.34. The quantitative estimate of drug-likeness (QED) is 0.622. The Morgan fingerprint density at radius 1 is 1.44 bits per heavy atom. The Morgan fingerprint density at radius 3 is 2.67 bits per heavy atom. The first-order chi connectivity index (χ1) is 8.54. The van der Waals surface area contributed by atoms with Crippen LogP contribution in [0.4, 0.5) is 0 Å². The van der Waals surface area contributed by atoms with Gasteiger partial charge in [0.25, 0.3) is 0 Å². The molecule has 0 radical (unpaired) electrons. The zero-order chi connectivity index (χ0) is 13.5. The standard InChI is InChI=1S/C12H20ClNO3S/c1-8(15)14-10(12(16)17-2)7-18-11-6-4-3-5-9(11)13/h9-11H,3-7H2,1-2H3,(H,14,15)/t9-,10+,11-/m1/s1. The van der Waals surface area contributed by atoms with Gasteiger partial charge < -0.3 is 10.1 Å². The summed E-state index contributed by atoms with van der Waals surface area (Å²) in [5.41, 5.74) is 0. The van der Waals surface area contributed by atoms with Gasteiger partial charge in [-0.25, -0.2) is 4.79 Å². The first-order valence-corrected chi connectivity index (χ1v) is 7.63. The lowest BCUT2D eigenvalue weighted by molar-refractivity contribution is -0.144. The molecule has 0 aromatic heterocycles. The Hall–Kier alpha value is -0.420. The van der Waals surface area contributed by atoms with E-state index in [2.05, 4.69) is 10.1 Å². The first-order valence-electron chi connectivity index (χ1n) is 6.15. The second-order valence-electron chi connectivity index (χ2n) is 4.45. The Morgan fingerprint density at radius 2 is 2.11 bits per heavy atom. The number of nitrogens with one attached hydrogen (secondary N) is 1. The van der Waals surface area contributed by atoms with Crippen LogP contribution in [-0.2, 0) is 14.3 Å². The molecule has 0 aliphatic heterocycles. The van der Waals surface area contributed by atoms with Crippen molar-refractivity contribution < 1.29 is 14.3 Å². The number of hydrogen-bond donors (Lipinski definition) is 1. The van der Waals surface area contributed by atoms with Crippen molar-refractivity contribution in [2.45, 2.75) is 49.3 Å². The summed E-state index contributed by atoms with van der Waals surface area (Å²) in [6.07, 6.45) is 4.47. The van der Waals surface area contributed by atoms with Gasteiger partial charge in [0, 0.05) is 23.3 Å². The number of alkyl halides is 1. The Kier molecular flexibility index (Phi) is 6.86. The highest BCUT2D eigenvalue weighted by atomic mass is 35.5. The van der Waals surface area contributed by atoms with Crippen molar-refractivity contribution >= 4 is 35.2 Å². The second kappa shape index (κ2) is 7.89. The normalized spacial score (nSPS) is 25.3. The fourth-order valence-corrected chi connectivity index (χ4v) is 3.85. The monoisotopic (exact) mass is 293 g/mol. The van der Waals surface area contributed by atoms with Crippen LogP contribution in [0.25, 0.3) is 0 Å². The molecule has 1 saturated carbocycles. The van der Waals surface area contributed by atoms with Gasteiger partial charge in [-0.05, 0) is 12.8 Å². The Labute approximate surface area is 117 Å². The summed E-state index contributed by atoms with van der Waals surface area (Å²) >= 11 is 7.91. The van der Waals surface area contributed by atoms with Crippen LogP contribution < -0.4 is 5.32 Å². The van der Waals surface area contributed by atoms with Gasteiger partial charge in [-0.3, -0.25) is 4.79 Å². The van der Waals surface area contributed by atoms with E-state index in [1.807, 2.05) is 0 Å². The number of ether oxygens (including phenoxy) is 1. The lowest BCUT2D eigenvalue weighted by Gasteiger charge is -2.27. The molecule has 104 valence electrons. The number of carbonyl (C=O) groups is 2. The molecule has 3 atom stereocenters. The van der Waals surface area contributed by atoms with E-state index in [9.17, 15) is 9.59 Å². The number of esters is 1. The largest absolute Gasteiger partial charge is 0.467 e.